The standard InChI is InChI=1S/C18H32N2O/c1-7-19-15(5)16-9-10-18(21-6)17(11-16)13-20(8-2)12-14(3)4/h9-11,14-15,19H,7-8,12-13H2,1-6H3. The molecule has 0 saturated carbocycles. The average Bonchev–Trinajstić information content (AvgIpc) is 2.46. The topological polar surface area (TPSA) is 24.5 Å². The van der Waals surface area contributed by atoms with Gasteiger partial charge in [-0.05, 0) is 43.6 Å². The molecule has 0 heterocycles. The van der Waals surface area contributed by atoms with Gasteiger partial charge >= 0.3 is 0 Å². The molecule has 1 N–H and O–H groups in total. The normalized spacial score (nSPS) is 13.0. The third-order valence-electron chi connectivity index (χ3n) is 3.78. The first-order valence-electron chi connectivity index (χ1n) is 8.14. The fraction of sp³-hybridized carbons (Fsp3) is 0.667. The maximum Gasteiger partial charge on any atom is 0.123 e. The summed E-state index contributed by atoms with van der Waals surface area (Å²) in [5, 5.41) is 3.47. The molecule has 0 aliphatic rings. The van der Waals surface area contributed by atoms with Gasteiger partial charge in [-0.15, -0.1) is 0 Å². The van der Waals surface area contributed by atoms with Crippen LogP contribution >= 0.6 is 0 Å². The Morgan fingerprint density at radius 2 is 1.90 bits per heavy atom. The van der Waals surface area contributed by atoms with Crippen molar-refractivity contribution in [1.82, 2.24) is 10.2 Å². The zero-order valence-electron chi connectivity index (χ0n) is 14.6. The van der Waals surface area contributed by atoms with Crippen LogP contribution in [0, 0.1) is 5.92 Å². The lowest BCUT2D eigenvalue weighted by molar-refractivity contribution is 0.244. The molecule has 1 aromatic carbocycles. The summed E-state index contributed by atoms with van der Waals surface area (Å²) in [6.07, 6.45) is 0. The monoisotopic (exact) mass is 292 g/mol. The van der Waals surface area contributed by atoms with E-state index in [1.807, 2.05) is 0 Å². The Balaban J connectivity index is 2.93. The van der Waals surface area contributed by atoms with Gasteiger partial charge in [0, 0.05) is 24.7 Å². The second-order valence-corrected chi connectivity index (χ2v) is 6.07. The number of rotatable bonds is 9. The highest BCUT2D eigenvalue weighted by molar-refractivity contribution is 5.38. The summed E-state index contributed by atoms with van der Waals surface area (Å²) in [6, 6.07) is 6.92. The molecule has 0 bridgehead atoms. The molecular formula is C18H32N2O. The van der Waals surface area contributed by atoms with Gasteiger partial charge in [-0.25, -0.2) is 0 Å². The van der Waals surface area contributed by atoms with Gasteiger partial charge in [0.1, 0.15) is 5.75 Å². The smallest absolute Gasteiger partial charge is 0.123 e. The van der Waals surface area contributed by atoms with Gasteiger partial charge in [-0.1, -0.05) is 33.8 Å². The maximum absolute atomic E-state index is 5.54. The van der Waals surface area contributed by atoms with Gasteiger partial charge in [0.25, 0.3) is 0 Å². The summed E-state index contributed by atoms with van der Waals surface area (Å²) >= 11 is 0. The van der Waals surface area contributed by atoms with E-state index in [4.69, 9.17) is 4.74 Å². The van der Waals surface area contributed by atoms with Crippen molar-refractivity contribution in [3.8, 4) is 5.75 Å². The molecule has 3 heteroatoms. The fourth-order valence-corrected chi connectivity index (χ4v) is 2.68. The summed E-state index contributed by atoms with van der Waals surface area (Å²) < 4.78 is 5.54. The Morgan fingerprint density at radius 3 is 2.43 bits per heavy atom. The van der Waals surface area contributed by atoms with Gasteiger partial charge in [0.05, 0.1) is 7.11 Å². The first-order valence-corrected chi connectivity index (χ1v) is 8.14. The van der Waals surface area contributed by atoms with Gasteiger partial charge in [0.15, 0.2) is 0 Å². The minimum atomic E-state index is 0.375. The molecule has 3 nitrogen and oxygen atoms in total. The van der Waals surface area contributed by atoms with Crippen LogP contribution in [0.5, 0.6) is 5.75 Å². The maximum atomic E-state index is 5.54. The quantitative estimate of drug-likeness (QED) is 0.748. The minimum absolute atomic E-state index is 0.375. The zero-order valence-corrected chi connectivity index (χ0v) is 14.6. The van der Waals surface area contributed by atoms with E-state index in [1.165, 1.54) is 11.1 Å². The predicted molar refractivity (Wildman–Crippen MR) is 90.9 cm³/mol. The number of methoxy groups -OCH3 is 1. The van der Waals surface area contributed by atoms with Gasteiger partial charge in [-0.2, -0.15) is 0 Å². The van der Waals surface area contributed by atoms with Crippen molar-refractivity contribution in [2.45, 2.75) is 47.2 Å². The molecule has 1 unspecified atom stereocenters. The van der Waals surface area contributed by atoms with Crippen LogP contribution in [-0.4, -0.2) is 31.6 Å². The SMILES string of the molecule is CCNC(C)c1ccc(OC)c(CN(CC)CC(C)C)c1. The summed E-state index contributed by atoms with van der Waals surface area (Å²) in [7, 11) is 1.75. The zero-order chi connectivity index (χ0) is 15.8. The molecule has 0 aliphatic heterocycles. The van der Waals surface area contributed by atoms with Gasteiger partial charge < -0.3 is 10.1 Å². The summed E-state index contributed by atoms with van der Waals surface area (Å²) in [5.41, 5.74) is 2.61. The van der Waals surface area contributed by atoms with E-state index in [9.17, 15) is 0 Å². The molecule has 120 valence electrons. The van der Waals surface area contributed by atoms with Crippen molar-refractivity contribution in [3.05, 3.63) is 29.3 Å². The van der Waals surface area contributed by atoms with Crippen LogP contribution in [0.25, 0.3) is 0 Å². The van der Waals surface area contributed by atoms with E-state index in [0.717, 1.165) is 31.9 Å². The molecule has 0 radical (unpaired) electrons. The molecule has 1 rings (SSSR count). The third kappa shape index (κ3) is 5.68. The molecule has 0 amide bonds. The Labute approximate surface area is 130 Å². The summed E-state index contributed by atoms with van der Waals surface area (Å²) in [4.78, 5) is 2.48. The van der Waals surface area contributed by atoms with E-state index in [2.05, 4.69) is 63.0 Å². The number of hydrogen-bond donors (Lipinski definition) is 1. The highest BCUT2D eigenvalue weighted by Gasteiger charge is 2.12. The van der Waals surface area contributed by atoms with Crippen LogP contribution in [-0.2, 0) is 6.54 Å². The van der Waals surface area contributed by atoms with E-state index in [1.54, 1.807) is 7.11 Å². The van der Waals surface area contributed by atoms with Crippen molar-refractivity contribution in [3.63, 3.8) is 0 Å². The Hall–Kier alpha value is -1.06. The highest BCUT2D eigenvalue weighted by atomic mass is 16.5. The number of nitrogens with zero attached hydrogens (tertiary/aromatic N) is 1. The molecule has 0 saturated heterocycles. The van der Waals surface area contributed by atoms with Crippen molar-refractivity contribution < 1.29 is 4.74 Å². The number of nitrogens with one attached hydrogen (secondary N) is 1. The van der Waals surface area contributed by atoms with Crippen molar-refractivity contribution in [2.24, 2.45) is 5.92 Å². The van der Waals surface area contributed by atoms with Crippen LogP contribution < -0.4 is 10.1 Å². The van der Waals surface area contributed by atoms with Crippen LogP contribution in [0.3, 0.4) is 0 Å². The summed E-state index contributed by atoms with van der Waals surface area (Å²) in [6.45, 7) is 15.2. The largest absolute Gasteiger partial charge is 0.496 e. The lowest BCUT2D eigenvalue weighted by Gasteiger charge is -2.24. The number of hydrogen-bond acceptors (Lipinski definition) is 3. The Bertz CT molecular complexity index is 418. The second kappa shape index (κ2) is 9.06. The molecule has 0 aliphatic carbocycles. The fourth-order valence-electron chi connectivity index (χ4n) is 2.68. The number of ether oxygens (including phenoxy) is 1. The van der Waals surface area contributed by atoms with Crippen molar-refractivity contribution >= 4 is 0 Å². The molecule has 0 spiro atoms. The highest BCUT2D eigenvalue weighted by Crippen LogP contribution is 2.25. The van der Waals surface area contributed by atoms with E-state index in [0.29, 0.717) is 12.0 Å². The van der Waals surface area contributed by atoms with Gasteiger partial charge in [-0.3, -0.25) is 4.90 Å². The first kappa shape index (κ1) is 18.0. The predicted octanol–water partition coefficient (Wildman–Crippen LogP) is 3.84. The van der Waals surface area contributed by atoms with E-state index in [-0.39, 0.29) is 0 Å². The first-order chi connectivity index (χ1) is 10.0. The average molecular weight is 292 g/mol. The third-order valence-corrected chi connectivity index (χ3v) is 3.78. The van der Waals surface area contributed by atoms with E-state index < -0.39 is 0 Å². The lowest BCUT2D eigenvalue weighted by Crippen LogP contribution is -2.27. The summed E-state index contributed by atoms with van der Waals surface area (Å²) in [5.74, 6) is 1.67. The van der Waals surface area contributed by atoms with Crippen LogP contribution in [0.2, 0.25) is 0 Å². The van der Waals surface area contributed by atoms with Gasteiger partial charge in [0.2, 0.25) is 0 Å². The Morgan fingerprint density at radius 1 is 1.19 bits per heavy atom. The molecule has 0 fully saturated rings. The molecular weight excluding hydrogens is 260 g/mol. The molecule has 21 heavy (non-hydrogen) atoms. The van der Waals surface area contributed by atoms with Crippen LogP contribution in [0.4, 0.5) is 0 Å². The van der Waals surface area contributed by atoms with Crippen molar-refractivity contribution in [2.75, 3.05) is 26.7 Å². The van der Waals surface area contributed by atoms with Crippen molar-refractivity contribution in [1.29, 1.82) is 0 Å². The second-order valence-electron chi connectivity index (χ2n) is 6.07. The minimum Gasteiger partial charge on any atom is -0.496 e. The molecule has 1 atom stereocenters. The van der Waals surface area contributed by atoms with Crippen LogP contribution in [0.15, 0.2) is 18.2 Å². The van der Waals surface area contributed by atoms with Crippen LogP contribution in [0.1, 0.15) is 51.8 Å². The molecule has 0 aromatic heterocycles. The lowest BCUT2D eigenvalue weighted by atomic mass is 10.0. The van der Waals surface area contributed by atoms with E-state index >= 15 is 0 Å². The Kier molecular flexibility index (Phi) is 7.76. The number of benzene rings is 1. The molecule has 1 aromatic rings.